The highest BCUT2D eigenvalue weighted by Gasteiger charge is 2.20. The van der Waals surface area contributed by atoms with Crippen molar-refractivity contribution in [2.75, 3.05) is 5.32 Å². The number of hydrogen-bond acceptors (Lipinski definition) is 3. The van der Waals surface area contributed by atoms with Gasteiger partial charge in [-0.15, -0.1) is 0 Å². The van der Waals surface area contributed by atoms with Crippen LogP contribution < -0.4 is 10.1 Å². The number of ether oxygens (including phenoxy) is 1. The highest BCUT2D eigenvalue weighted by molar-refractivity contribution is 6.34. The summed E-state index contributed by atoms with van der Waals surface area (Å²) in [6, 6.07) is 23.1. The number of benzene rings is 3. The lowest BCUT2D eigenvalue weighted by Crippen LogP contribution is -2.18. The van der Waals surface area contributed by atoms with E-state index in [1.807, 2.05) is 37.3 Å². The molecule has 0 saturated heterocycles. The highest BCUT2D eigenvalue weighted by Crippen LogP contribution is 2.24. The van der Waals surface area contributed by atoms with Crippen LogP contribution in [0.15, 0.2) is 78.9 Å². The Morgan fingerprint density at radius 2 is 1.57 bits per heavy atom. The Hall–Kier alpha value is -3.11. The molecule has 0 aromatic heterocycles. The Morgan fingerprint density at radius 3 is 2.21 bits per heavy atom. The summed E-state index contributed by atoms with van der Waals surface area (Å²) in [5, 5.41) is 3.16. The van der Waals surface area contributed by atoms with E-state index in [1.54, 1.807) is 48.5 Å². The van der Waals surface area contributed by atoms with Gasteiger partial charge in [0, 0.05) is 5.69 Å². The molecule has 3 aromatic rings. The number of hydrogen-bond donors (Lipinski definition) is 1. The first-order chi connectivity index (χ1) is 13.6. The molecule has 0 saturated carbocycles. The average molecular weight is 394 g/mol. The van der Waals surface area contributed by atoms with Gasteiger partial charge in [0.1, 0.15) is 5.75 Å². The molecule has 5 heteroatoms. The van der Waals surface area contributed by atoms with Gasteiger partial charge in [0.05, 0.1) is 16.5 Å². The van der Waals surface area contributed by atoms with Crippen LogP contribution in [-0.2, 0) is 4.79 Å². The van der Waals surface area contributed by atoms with E-state index in [0.717, 1.165) is 5.56 Å². The van der Waals surface area contributed by atoms with Crippen LogP contribution >= 0.6 is 11.6 Å². The van der Waals surface area contributed by atoms with E-state index in [2.05, 4.69) is 5.32 Å². The number of amides is 1. The number of carbonyl (C=O) groups is 2. The van der Waals surface area contributed by atoms with Crippen molar-refractivity contribution in [2.45, 2.75) is 19.3 Å². The molecule has 142 valence electrons. The van der Waals surface area contributed by atoms with E-state index in [1.165, 1.54) is 0 Å². The number of nitrogens with one attached hydrogen (secondary N) is 1. The topological polar surface area (TPSA) is 55.4 Å². The summed E-state index contributed by atoms with van der Waals surface area (Å²) in [4.78, 5) is 24.8. The van der Waals surface area contributed by atoms with E-state index < -0.39 is 0 Å². The van der Waals surface area contributed by atoms with E-state index in [4.69, 9.17) is 16.3 Å². The van der Waals surface area contributed by atoms with Crippen LogP contribution in [0.1, 0.15) is 35.2 Å². The SMILES string of the molecule is CCC(C(=O)Oc1ccc(NC(=O)c2ccccc2Cl)cc1)c1ccccc1. The van der Waals surface area contributed by atoms with E-state index >= 15 is 0 Å². The summed E-state index contributed by atoms with van der Waals surface area (Å²) in [5.74, 6) is -0.497. The highest BCUT2D eigenvalue weighted by atomic mass is 35.5. The van der Waals surface area contributed by atoms with Crippen LogP contribution in [-0.4, -0.2) is 11.9 Å². The third-order valence-corrected chi connectivity index (χ3v) is 4.67. The van der Waals surface area contributed by atoms with Gasteiger partial charge in [0.25, 0.3) is 5.91 Å². The lowest BCUT2D eigenvalue weighted by atomic mass is 9.97. The summed E-state index contributed by atoms with van der Waals surface area (Å²) in [6.07, 6.45) is 0.648. The predicted molar refractivity (Wildman–Crippen MR) is 111 cm³/mol. The second-order valence-corrected chi connectivity index (χ2v) is 6.66. The normalized spacial score (nSPS) is 11.5. The molecule has 1 unspecified atom stereocenters. The Bertz CT molecular complexity index is 955. The minimum atomic E-state index is -0.319. The minimum absolute atomic E-state index is 0.300. The molecule has 1 amide bonds. The summed E-state index contributed by atoms with van der Waals surface area (Å²) in [5.41, 5.74) is 1.91. The van der Waals surface area contributed by atoms with Gasteiger partial charge >= 0.3 is 5.97 Å². The Morgan fingerprint density at radius 1 is 0.929 bits per heavy atom. The van der Waals surface area contributed by atoms with Crippen molar-refractivity contribution in [3.05, 3.63) is 95.0 Å². The largest absolute Gasteiger partial charge is 0.426 e. The van der Waals surface area contributed by atoms with Gasteiger partial charge in [0.15, 0.2) is 0 Å². The summed E-state index contributed by atoms with van der Waals surface area (Å²) in [7, 11) is 0. The minimum Gasteiger partial charge on any atom is -0.426 e. The molecular weight excluding hydrogens is 374 g/mol. The first-order valence-corrected chi connectivity index (χ1v) is 9.39. The summed E-state index contributed by atoms with van der Waals surface area (Å²) >= 11 is 6.04. The summed E-state index contributed by atoms with van der Waals surface area (Å²) in [6.45, 7) is 1.95. The predicted octanol–water partition coefficient (Wildman–Crippen LogP) is 5.69. The van der Waals surface area contributed by atoms with Crippen LogP contribution in [0.3, 0.4) is 0 Å². The number of rotatable bonds is 6. The smallest absolute Gasteiger partial charge is 0.318 e. The zero-order chi connectivity index (χ0) is 19.9. The zero-order valence-electron chi connectivity index (χ0n) is 15.4. The fraction of sp³-hybridized carbons (Fsp3) is 0.130. The van der Waals surface area contributed by atoms with Gasteiger partial charge in [-0.25, -0.2) is 0 Å². The number of anilines is 1. The molecule has 0 bridgehead atoms. The van der Waals surface area contributed by atoms with Crippen molar-refractivity contribution < 1.29 is 14.3 Å². The maximum atomic E-state index is 12.5. The molecule has 1 atom stereocenters. The van der Waals surface area contributed by atoms with E-state index in [9.17, 15) is 9.59 Å². The molecule has 4 nitrogen and oxygen atoms in total. The van der Waals surface area contributed by atoms with Crippen molar-refractivity contribution in [2.24, 2.45) is 0 Å². The lowest BCUT2D eigenvalue weighted by Gasteiger charge is -2.14. The third kappa shape index (κ3) is 4.78. The van der Waals surface area contributed by atoms with E-state index in [-0.39, 0.29) is 17.8 Å². The van der Waals surface area contributed by atoms with E-state index in [0.29, 0.717) is 28.4 Å². The molecule has 3 rings (SSSR count). The van der Waals surface area contributed by atoms with Crippen molar-refractivity contribution in [3.8, 4) is 5.75 Å². The van der Waals surface area contributed by atoms with Crippen molar-refractivity contribution in [1.82, 2.24) is 0 Å². The standard InChI is InChI=1S/C23H20ClNO3/c1-2-19(16-8-4-3-5-9-16)23(27)28-18-14-12-17(13-15-18)25-22(26)20-10-6-7-11-21(20)24/h3-15,19H,2H2,1H3,(H,25,26). The van der Waals surface area contributed by atoms with Gasteiger partial charge < -0.3 is 10.1 Å². The van der Waals surface area contributed by atoms with Crippen LogP contribution in [0.2, 0.25) is 5.02 Å². The first kappa shape index (κ1) is 19.6. The molecule has 0 radical (unpaired) electrons. The van der Waals surface area contributed by atoms with Crippen LogP contribution in [0.5, 0.6) is 5.75 Å². The van der Waals surface area contributed by atoms with Crippen molar-refractivity contribution >= 4 is 29.2 Å². The van der Waals surface area contributed by atoms with Crippen LogP contribution in [0.4, 0.5) is 5.69 Å². The maximum absolute atomic E-state index is 12.5. The number of carbonyl (C=O) groups excluding carboxylic acids is 2. The van der Waals surface area contributed by atoms with Crippen LogP contribution in [0, 0.1) is 0 Å². The second kappa shape index (κ2) is 9.20. The van der Waals surface area contributed by atoms with Gasteiger partial charge in [-0.2, -0.15) is 0 Å². The molecule has 0 heterocycles. The van der Waals surface area contributed by atoms with Crippen LogP contribution in [0.25, 0.3) is 0 Å². The molecule has 1 N–H and O–H groups in total. The molecule has 0 aliphatic heterocycles. The fourth-order valence-electron chi connectivity index (χ4n) is 2.86. The number of esters is 1. The fourth-order valence-corrected chi connectivity index (χ4v) is 3.08. The molecule has 0 aliphatic rings. The quantitative estimate of drug-likeness (QED) is 0.432. The molecule has 0 fully saturated rings. The van der Waals surface area contributed by atoms with Gasteiger partial charge in [-0.05, 0) is 48.4 Å². The number of halogens is 1. The Kier molecular flexibility index (Phi) is 6.45. The van der Waals surface area contributed by atoms with Gasteiger partial charge in [-0.3, -0.25) is 9.59 Å². The van der Waals surface area contributed by atoms with Gasteiger partial charge in [-0.1, -0.05) is 61.0 Å². The molecule has 0 aliphatic carbocycles. The monoisotopic (exact) mass is 393 g/mol. The Balaban J connectivity index is 1.65. The maximum Gasteiger partial charge on any atom is 0.318 e. The van der Waals surface area contributed by atoms with Crippen molar-refractivity contribution in [1.29, 1.82) is 0 Å². The Labute approximate surface area is 169 Å². The molecule has 28 heavy (non-hydrogen) atoms. The third-order valence-electron chi connectivity index (χ3n) is 4.34. The molecular formula is C23H20ClNO3. The van der Waals surface area contributed by atoms with Gasteiger partial charge in [0.2, 0.25) is 0 Å². The first-order valence-electron chi connectivity index (χ1n) is 9.01. The average Bonchev–Trinajstić information content (AvgIpc) is 2.71. The zero-order valence-corrected chi connectivity index (χ0v) is 16.1. The van der Waals surface area contributed by atoms with Crippen molar-refractivity contribution in [3.63, 3.8) is 0 Å². The lowest BCUT2D eigenvalue weighted by molar-refractivity contribution is -0.136. The summed E-state index contributed by atoms with van der Waals surface area (Å²) < 4.78 is 5.51. The molecule has 0 spiro atoms. The second-order valence-electron chi connectivity index (χ2n) is 6.25. The molecule has 3 aromatic carbocycles.